The van der Waals surface area contributed by atoms with E-state index in [2.05, 4.69) is 0 Å². The molecule has 7 heteroatoms. The Hall–Kier alpha value is -2.70. The first kappa shape index (κ1) is 23.3. The van der Waals surface area contributed by atoms with Gasteiger partial charge in [-0.15, -0.1) is 0 Å². The summed E-state index contributed by atoms with van der Waals surface area (Å²) in [6.07, 6.45) is 1.93. The Morgan fingerprint density at radius 2 is 1.39 bits per heavy atom. The molecule has 0 bridgehead atoms. The standard InChI is InChI=1S/C21H28O7/c1-3-27-20(25)18(21(26)28-4-2)13-12-16-10-8-15(9-11-16)6-5-7-17(22)14-19(23)24/h8-11,18H,3-7,12-14H2,1-2H3,(H,23,24). The molecule has 0 aliphatic rings. The number of carbonyl (C=O) groups excluding carboxylic acids is 3. The number of Topliss-reactive ketones (excluding diaryl/α,β-unsaturated/α-hetero) is 1. The predicted molar refractivity (Wildman–Crippen MR) is 102 cm³/mol. The normalized spacial score (nSPS) is 10.5. The molecule has 0 aliphatic heterocycles. The minimum atomic E-state index is -1.10. The number of carbonyl (C=O) groups is 4. The number of aryl methyl sites for hydroxylation is 2. The van der Waals surface area contributed by atoms with Crippen LogP contribution in [-0.4, -0.2) is 42.0 Å². The number of carboxylic acid groups (broad SMARTS) is 1. The zero-order valence-corrected chi connectivity index (χ0v) is 16.4. The van der Waals surface area contributed by atoms with Crippen molar-refractivity contribution in [3.8, 4) is 0 Å². The van der Waals surface area contributed by atoms with Gasteiger partial charge in [-0.1, -0.05) is 24.3 Å². The number of hydrogen-bond acceptors (Lipinski definition) is 6. The van der Waals surface area contributed by atoms with Crippen molar-refractivity contribution in [3.05, 3.63) is 35.4 Å². The highest BCUT2D eigenvalue weighted by molar-refractivity contribution is 5.95. The quantitative estimate of drug-likeness (QED) is 0.406. The van der Waals surface area contributed by atoms with Gasteiger partial charge in [-0.25, -0.2) is 0 Å². The van der Waals surface area contributed by atoms with Gasteiger partial charge in [0.2, 0.25) is 0 Å². The van der Waals surface area contributed by atoms with E-state index in [1.54, 1.807) is 13.8 Å². The van der Waals surface area contributed by atoms with Crippen molar-refractivity contribution in [2.24, 2.45) is 5.92 Å². The van der Waals surface area contributed by atoms with Crippen molar-refractivity contribution in [2.75, 3.05) is 13.2 Å². The van der Waals surface area contributed by atoms with Crippen molar-refractivity contribution < 1.29 is 33.8 Å². The first-order valence-electron chi connectivity index (χ1n) is 9.51. The van der Waals surface area contributed by atoms with Gasteiger partial charge < -0.3 is 14.6 Å². The molecule has 0 aliphatic carbocycles. The highest BCUT2D eigenvalue weighted by Gasteiger charge is 2.29. The van der Waals surface area contributed by atoms with Crippen LogP contribution in [0.2, 0.25) is 0 Å². The maximum atomic E-state index is 12.0. The Morgan fingerprint density at radius 1 is 0.893 bits per heavy atom. The summed E-state index contributed by atoms with van der Waals surface area (Å²) in [4.78, 5) is 45.8. The first-order chi connectivity index (χ1) is 13.4. The molecule has 0 radical (unpaired) electrons. The molecule has 1 rings (SSSR count). The van der Waals surface area contributed by atoms with E-state index in [1.807, 2.05) is 24.3 Å². The number of esters is 2. The van der Waals surface area contributed by atoms with E-state index in [4.69, 9.17) is 14.6 Å². The number of aliphatic carboxylic acids is 1. The molecule has 0 saturated carbocycles. The lowest BCUT2D eigenvalue weighted by atomic mass is 9.98. The van der Waals surface area contributed by atoms with Crippen molar-refractivity contribution in [1.29, 1.82) is 0 Å². The first-order valence-corrected chi connectivity index (χ1v) is 9.51. The molecule has 0 saturated heterocycles. The van der Waals surface area contributed by atoms with E-state index in [1.165, 1.54) is 0 Å². The van der Waals surface area contributed by atoms with Crippen LogP contribution in [-0.2, 0) is 41.5 Å². The molecule has 0 amide bonds. The lowest BCUT2D eigenvalue weighted by Gasteiger charge is -2.14. The number of carboxylic acids is 1. The summed E-state index contributed by atoms with van der Waals surface area (Å²) in [5.41, 5.74) is 2.02. The van der Waals surface area contributed by atoms with E-state index in [0.29, 0.717) is 25.7 Å². The summed E-state index contributed by atoms with van der Waals surface area (Å²) < 4.78 is 9.93. The van der Waals surface area contributed by atoms with Gasteiger partial charge in [-0.2, -0.15) is 0 Å². The van der Waals surface area contributed by atoms with Crippen LogP contribution in [0, 0.1) is 5.92 Å². The minimum Gasteiger partial charge on any atom is -0.481 e. The summed E-state index contributed by atoms with van der Waals surface area (Å²) in [5, 5.41) is 8.57. The molecule has 0 atom stereocenters. The lowest BCUT2D eigenvalue weighted by Crippen LogP contribution is -2.28. The zero-order chi connectivity index (χ0) is 20.9. The molecule has 1 aromatic carbocycles. The Kier molecular flexibility index (Phi) is 10.5. The van der Waals surface area contributed by atoms with Gasteiger partial charge in [0.05, 0.1) is 13.2 Å². The highest BCUT2D eigenvalue weighted by atomic mass is 16.6. The number of hydrogen-bond donors (Lipinski definition) is 1. The molecule has 154 valence electrons. The minimum absolute atomic E-state index is 0.207. The second-order valence-corrected chi connectivity index (χ2v) is 6.37. The van der Waals surface area contributed by atoms with Gasteiger partial charge in [-0.3, -0.25) is 19.2 Å². The SMILES string of the molecule is CCOC(=O)C(CCc1ccc(CCCC(=O)CC(=O)O)cc1)C(=O)OCC. The molecule has 0 heterocycles. The maximum absolute atomic E-state index is 12.0. The van der Waals surface area contributed by atoms with Crippen molar-refractivity contribution in [3.63, 3.8) is 0 Å². The van der Waals surface area contributed by atoms with Gasteiger partial charge in [0, 0.05) is 6.42 Å². The summed E-state index contributed by atoms with van der Waals surface area (Å²) in [6.45, 7) is 3.79. The lowest BCUT2D eigenvalue weighted by molar-refractivity contribution is -0.162. The summed E-state index contributed by atoms with van der Waals surface area (Å²) >= 11 is 0. The van der Waals surface area contributed by atoms with E-state index in [0.717, 1.165) is 11.1 Å². The highest BCUT2D eigenvalue weighted by Crippen LogP contribution is 2.16. The second-order valence-electron chi connectivity index (χ2n) is 6.37. The fourth-order valence-electron chi connectivity index (χ4n) is 2.75. The molecular weight excluding hydrogens is 364 g/mol. The second kappa shape index (κ2) is 12.6. The molecule has 1 aromatic rings. The molecule has 7 nitrogen and oxygen atoms in total. The Balaban J connectivity index is 2.53. The Bertz CT molecular complexity index is 646. The Morgan fingerprint density at radius 3 is 1.86 bits per heavy atom. The summed E-state index contributed by atoms with van der Waals surface area (Å²) in [5.74, 6) is -3.43. The average Bonchev–Trinajstić information content (AvgIpc) is 2.63. The van der Waals surface area contributed by atoms with E-state index >= 15 is 0 Å². The van der Waals surface area contributed by atoms with Crippen molar-refractivity contribution in [1.82, 2.24) is 0 Å². The smallest absolute Gasteiger partial charge is 0.320 e. The van der Waals surface area contributed by atoms with Crippen molar-refractivity contribution >= 4 is 23.7 Å². The van der Waals surface area contributed by atoms with E-state index in [-0.39, 0.29) is 25.4 Å². The van der Waals surface area contributed by atoms with Crippen LogP contribution in [0.1, 0.15) is 50.7 Å². The van der Waals surface area contributed by atoms with Crippen LogP contribution in [0.3, 0.4) is 0 Å². The van der Waals surface area contributed by atoms with Crippen LogP contribution < -0.4 is 0 Å². The number of ether oxygens (including phenoxy) is 2. The molecule has 0 unspecified atom stereocenters. The molecule has 0 fully saturated rings. The maximum Gasteiger partial charge on any atom is 0.320 e. The van der Waals surface area contributed by atoms with Crippen molar-refractivity contribution in [2.45, 2.75) is 52.4 Å². The fourth-order valence-corrected chi connectivity index (χ4v) is 2.75. The molecule has 0 spiro atoms. The van der Waals surface area contributed by atoms with Gasteiger partial charge in [0.25, 0.3) is 0 Å². The third-order valence-corrected chi connectivity index (χ3v) is 4.16. The zero-order valence-electron chi connectivity index (χ0n) is 16.4. The van der Waals surface area contributed by atoms with Gasteiger partial charge in [-0.05, 0) is 50.7 Å². The largest absolute Gasteiger partial charge is 0.481 e. The summed E-state index contributed by atoms with van der Waals surface area (Å²) in [7, 11) is 0. The van der Waals surface area contributed by atoms with Crippen LogP contribution in [0.4, 0.5) is 0 Å². The molecule has 28 heavy (non-hydrogen) atoms. The molecular formula is C21H28O7. The van der Waals surface area contributed by atoms with E-state index in [9.17, 15) is 19.2 Å². The predicted octanol–water partition coefficient (Wildman–Crippen LogP) is 2.73. The van der Waals surface area contributed by atoms with Gasteiger partial charge in [0.1, 0.15) is 12.2 Å². The van der Waals surface area contributed by atoms with Crippen LogP contribution in [0.5, 0.6) is 0 Å². The molecule has 1 N–H and O–H groups in total. The third kappa shape index (κ3) is 8.79. The van der Waals surface area contributed by atoms with Crippen LogP contribution >= 0.6 is 0 Å². The van der Waals surface area contributed by atoms with Gasteiger partial charge >= 0.3 is 17.9 Å². The van der Waals surface area contributed by atoms with E-state index < -0.39 is 30.2 Å². The van der Waals surface area contributed by atoms with Gasteiger partial charge in [0.15, 0.2) is 5.92 Å². The topological polar surface area (TPSA) is 107 Å². The number of rotatable bonds is 13. The number of benzene rings is 1. The fraction of sp³-hybridized carbons (Fsp3) is 0.524. The van der Waals surface area contributed by atoms with Crippen LogP contribution in [0.15, 0.2) is 24.3 Å². The summed E-state index contributed by atoms with van der Waals surface area (Å²) in [6, 6.07) is 7.70. The third-order valence-electron chi connectivity index (χ3n) is 4.16. The molecule has 0 aromatic heterocycles. The Labute approximate surface area is 165 Å². The van der Waals surface area contributed by atoms with Crippen LogP contribution in [0.25, 0.3) is 0 Å². The monoisotopic (exact) mass is 392 g/mol. The number of ketones is 1. The average molecular weight is 392 g/mol.